The van der Waals surface area contributed by atoms with Gasteiger partial charge in [-0.2, -0.15) is 5.26 Å². The molecule has 0 saturated heterocycles. The molecule has 2 heterocycles. The smallest absolute Gasteiger partial charge is 0.174 e. The maximum absolute atomic E-state index is 11.8. The van der Waals surface area contributed by atoms with E-state index in [1.54, 1.807) is 18.3 Å². The van der Waals surface area contributed by atoms with Crippen molar-refractivity contribution in [3.05, 3.63) is 32.8 Å². The van der Waals surface area contributed by atoms with Crippen molar-refractivity contribution in [3.63, 3.8) is 0 Å². The molecule has 0 aliphatic heterocycles. The number of Topliss-reactive ketones (excluding diaryl/α,β-unsaturated/α-hetero) is 1. The number of hydrogen-bond acceptors (Lipinski definition) is 6. The van der Waals surface area contributed by atoms with Crippen LogP contribution < -0.4 is 11.1 Å². The average Bonchev–Trinajstić information content (AvgIpc) is 3.06. The molecule has 0 saturated carbocycles. The lowest BCUT2D eigenvalue weighted by atomic mass is 10.2. The zero-order valence-electron chi connectivity index (χ0n) is 11.1. The van der Waals surface area contributed by atoms with Gasteiger partial charge in [-0.3, -0.25) is 4.79 Å². The quantitative estimate of drug-likeness (QED) is 0.800. The minimum Gasteiger partial charge on any atom is -0.396 e. The van der Waals surface area contributed by atoms with Crippen molar-refractivity contribution in [1.29, 1.82) is 5.26 Å². The van der Waals surface area contributed by atoms with Crippen LogP contribution in [-0.4, -0.2) is 12.3 Å². The van der Waals surface area contributed by atoms with Crippen LogP contribution in [0.3, 0.4) is 0 Å². The van der Waals surface area contributed by atoms with Gasteiger partial charge < -0.3 is 11.1 Å². The maximum atomic E-state index is 11.8. The lowest BCUT2D eigenvalue weighted by Gasteiger charge is -2.02. The van der Waals surface area contributed by atoms with Crippen LogP contribution in [0.1, 0.15) is 33.5 Å². The molecule has 0 bridgehead atoms. The zero-order valence-corrected chi connectivity index (χ0v) is 12.7. The van der Waals surface area contributed by atoms with E-state index in [-0.39, 0.29) is 5.78 Å². The van der Waals surface area contributed by atoms with Crippen molar-refractivity contribution in [2.45, 2.75) is 19.8 Å². The van der Waals surface area contributed by atoms with Crippen LogP contribution in [0.2, 0.25) is 0 Å². The third kappa shape index (κ3) is 3.00. The molecule has 0 fully saturated rings. The summed E-state index contributed by atoms with van der Waals surface area (Å²) in [7, 11) is 0. The second-order valence-electron chi connectivity index (χ2n) is 4.19. The fraction of sp³-hybridized carbons (Fsp3) is 0.286. The first-order valence-electron chi connectivity index (χ1n) is 6.29. The number of ketones is 1. The Morgan fingerprint density at radius 2 is 2.35 bits per heavy atom. The molecule has 0 aliphatic rings. The Balaban J connectivity index is 2.11. The van der Waals surface area contributed by atoms with Crippen molar-refractivity contribution >= 4 is 39.1 Å². The molecule has 0 atom stereocenters. The largest absolute Gasteiger partial charge is 0.396 e. The minimum atomic E-state index is -0.0182. The molecule has 3 N–H and O–H groups in total. The Bertz CT molecular complexity index is 638. The summed E-state index contributed by atoms with van der Waals surface area (Å²) < 4.78 is 0. The molecule has 0 aliphatic carbocycles. The number of carbonyl (C=O) groups excluding carboxylic acids is 1. The Hall–Kier alpha value is -1.84. The van der Waals surface area contributed by atoms with Crippen molar-refractivity contribution in [3.8, 4) is 6.07 Å². The van der Waals surface area contributed by atoms with Crippen LogP contribution in [0.5, 0.6) is 0 Å². The summed E-state index contributed by atoms with van der Waals surface area (Å²) in [6, 6.07) is 6.17. The molecular weight excluding hydrogens is 290 g/mol. The Labute approximate surface area is 125 Å². The van der Waals surface area contributed by atoms with Gasteiger partial charge in [-0.05, 0) is 17.9 Å². The number of anilines is 2. The summed E-state index contributed by atoms with van der Waals surface area (Å²) in [6.07, 6.45) is 1.28. The lowest BCUT2D eigenvalue weighted by Crippen LogP contribution is -2.03. The minimum absolute atomic E-state index is 0.0182. The summed E-state index contributed by atoms with van der Waals surface area (Å²) in [6.45, 7) is 2.51. The second-order valence-corrected chi connectivity index (χ2v) is 6.25. The fourth-order valence-electron chi connectivity index (χ4n) is 1.80. The molecule has 2 rings (SSSR count). The number of hydrogen-bond donors (Lipinski definition) is 2. The summed E-state index contributed by atoms with van der Waals surface area (Å²) in [4.78, 5) is 13.5. The van der Waals surface area contributed by atoms with Gasteiger partial charge in [-0.25, -0.2) is 0 Å². The molecule has 104 valence electrons. The van der Waals surface area contributed by atoms with E-state index in [2.05, 4.69) is 17.5 Å². The van der Waals surface area contributed by atoms with Gasteiger partial charge in [0.1, 0.15) is 16.6 Å². The second kappa shape index (κ2) is 6.55. The highest BCUT2D eigenvalue weighted by atomic mass is 32.1. The van der Waals surface area contributed by atoms with Crippen LogP contribution in [-0.2, 0) is 6.42 Å². The molecular formula is C14H15N3OS2. The molecule has 20 heavy (non-hydrogen) atoms. The molecule has 4 nitrogen and oxygen atoms in total. The average molecular weight is 305 g/mol. The standard InChI is InChI=1S/C14H15N3OS2/c1-2-11(18)13-12(16)10(8-15)14(20-13)17-6-5-9-4-3-7-19-9/h3-4,7,17H,2,5-6,16H2,1H3. The molecule has 0 aromatic carbocycles. The summed E-state index contributed by atoms with van der Waals surface area (Å²) in [5, 5.41) is 15.1. The van der Waals surface area contributed by atoms with E-state index in [1.165, 1.54) is 16.2 Å². The van der Waals surface area contributed by atoms with Crippen molar-refractivity contribution < 1.29 is 4.79 Å². The van der Waals surface area contributed by atoms with E-state index >= 15 is 0 Å². The van der Waals surface area contributed by atoms with E-state index in [0.29, 0.717) is 27.5 Å². The number of carbonyl (C=O) groups is 1. The highest BCUT2D eigenvalue weighted by Gasteiger charge is 2.19. The van der Waals surface area contributed by atoms with Gasteiger partial charge in [-0.15, -0.1) is 22.7 Å². The van der Waals surface area contributed by atoms with Gasteiger partial charge >= 0.3 is 0 Å². The van der Waals surface area contributed by atoms with E-state index in [4.69, 9.17) is 5.73 Å². The Morgan fingerprint density at radius 1 is 1.55 bits per heavy atom. The Morgan fingerprint density at radius 3 is 2.95 bits per heavy atom. The molecule has 0 spiro atoms. The van der Waals surface area contributed by atoms with Crippen molar-refractivity contribution in [2.24, 2.45) is 0 Å². The number of nitriles is 1. The van der Waals surface area contributed by atoms with E-state index < -0.39 is 0 Å². The van der Waals surface area contributed by atoms with Crippen LogP contribution in [0.15, 0.2) is 17.5 Å². The van der Waals surface area contributed by atoms with E-state index in [1.807, 2.05) is 11.4 Å². The number of nitrogens with zero attached hydrogens (tertiary/aromatic N) is 1. The molecule has 2 aromatic heterocycles. The van der Waals surface area contributed by atoms with Crippen molar-refractivity contribution in [2.75, 3.05) is 17.6 Å². The monoisotopic (exact) mass is 305 g/mol. The third-order valence-corrected chi connectivity index (χ3v) is 5.01. The van der Waals surface area contributed by atoms with Gasteiger partial charge in [-0.1, -0.05) is 13.0 Å². The molecule has 0 amide bonds. The summed E-state index contributed by atoms with van der Waals surface area (Å²) in [5.41, 5.74) is 6.58. The molecule has 6 heteroatoms. The predicted octanol–water partition coefficient (Wildman–Crippen LogP) is 3.51. The van der Waals surface area contributed by atoms with Gasteiger partial charge in [0.25, 0.3) is 0 Å². The van der Waals surface area contributed by atoms with Crippen LogP contribution >= 0.6 is 22.7 Å². The van der Waals surface area contributed by atoms with Gasteiger partial charge in [0.15, 0.2) is 5.78 Å². The SMILES string of the molecule is CCC(=O)c1sc(NCCc2cccs2)c(C#N)c1N. The predicted molar refractivity (Wildman–Crippen MR) is 84.6 cm³/mol. The summed E-state index contributed by atoms with van der Waals surface area (Å²) >= 11 is 2.98. The van der Waals surface area contributed by atoms with Gasteiger partial charge in [0.2, 0.25) is 0 Å². The molecule has 0 radical (unpaired) electrons. The maximum Gasteiger partial charge on any atom is 0.174 e. The first-order valence-corrected chi connectivity index (χ1v) is 7.98. The van der Waals surface area contributed by atoms with Crippen molar-refractivity contribution in [1.82, 2.24) is 0 Å². The Kier molecular flexibility index (Phi) is 4.77. The number of nitrogens with one attached hydrogen (secondary N) is 1. The molecule has 2 aromatic rings. The first kappa shape index (κ1) is 14.6. The number of thiophene rings is 2. The normalized spacial score (nSPS) is 10.2. The zero-order chi connectivity index (χ0) is 14.5. The van der Waals surface area contributed by atoms with Gasteiger partial charge in [0.05, 0.1) is 10.6 Å². The topological polar surface area (TPSA) is 78.9 Å². The molecule has 0 unspecified atom stereocenters. The number of nitrogens with two attached hydrogens (primary N) is 1. The number of rotatable bonds is 6. The van der Waals surface area contributed by atoms with Gasteiger partial charge in [0, 0.05) is 17.8 Å². The van der Waals surface area contributed by atoms with E-state index in [9.17, 15) is 10.1 Å². The highest BCUT2D eigenvalue weighted by molar-refractivity contribution is 7.19. The van der Waals surface area contributed by atoms with Crippen LogP contribution in [0.25, 0.3) is 0 Å². The van der Waals surface area contributed by atoms with Crippen LogP contribution in [0, 0.1) is 11.3 Å². The fourth-order valence-corrected chi connectivity index (χ4v) is 3.62. The van der Waals surface area contributed by atoms with E-state index in [0.717, 1.165) is 13.0 Å². The lowest BCUT2D eigenvalue weighted by molar-refractivity contribution is 0.0993. The highest BCUT2D eigenvalue weighted by Crippen LogP contribution is 2.35. The first-order chi connectivity index (χ1) is 9.67. The number of nitrogen functional groups attached to an aromatic ring is 1. The third-order valence-electron chi connectivity index (χ3n) is 2.87. The summed E-state index contributed by atoms with van der Waals surface area (Å²) in [5.74, 6) is -0.0182. The van der Waals surface area contributed by atoms with Crippen LogP contribution in [0.4, 0.5) is 10.7 Å².